The van der Waals surface area contributed by atoms with Crippen LogP contribution in [0.2, 0.25) is 0 Å². The molecular weight excluding hydrogens is 168 g/mol. The molecule has 1 aromatic carbocycles. The quantitative estimate of drug-likeness (QED) is 0.701. The van der Waals surface area contributed by atoms with Crippen molar-refractivity contribution in [1.82, 2.24) is 0 Å². The van der Waals surface area contributed by atoms with Crippen LogP contribution in [0.3, 0.4) is 0 Å². The maximum Gasteiger partial charge on any atom is 0.0705 e. The number of para-hydroxylation sites is 1. The smallest absolute Gasteiger partial charge is 0.0705 e. The second kappa shape index (κ2) is 3.90. The van der Waals surface area contributed by atoms with E-state index in [1.54, 1.807) is 25.1 Å². The van der Waals surface area contributed by atoms with E-state index in [0.29, 0.717) is 5.56 Å². The largest absolute Gasteiger partial charge is 0.733 e. The number of hydrogen-bond donors (Lipinski definition) is 1. The zero-order chi connectivity index (χ0) is 9.84. The lowest BCUT2D eigenvalue weighted by molar-refractivity contribution is 0.295. The summed E-state index contributed by atoms with van der Waals surface area (Å²) in [6, 6.07) is 8.46. The van der Waals surface area contributed by atoms with Gasteiger partial charge in [-0.15, -0.1) is 0 Å². The van der Waals surface area contributed by atoms with Crippen molar-refractivity contribution in [1.29, 1.82) is 5.26 Å². The highest BCUT2D eigenvalue weighted by Gasteiger charge is 2.08. The van der Waals surface area contributed by atoms with E-state index in [1.807, 2.05) is 6.07 Å². The minimum atomic E-state index is -0.403. The van der Waals surface area contributed by atoms with Gasteiger partial charge in [-0.25, -0.2) is 0 Å². The van der Waals surface area contributed by atoms with Crippen molar-refractivity contribution in [2.24, 2.45) is 0 Å². The molecule has 0 bridgehead atoms. The van der Waals surface area contributed by atoms with Crippen LogP contribution < -0.4 is 5.23 Å². The summed E-state index contributed by atoms with van der Waals surface area (Å²) < 4.78 is 0. The number of rotatable bonds is 2. The fourth-order valence-electron chi connectivity index (χ4n) is 1.10. The summed E-state index contributed by atoms with van der Waals surface area (Å²) in [7, 11) is 0. The molecule has 0 fully saturated rings. The van der Waals surface area contributed by atoms with Gasteiger partial charge in [0.15, 0.2) is 0 Å². The average molecular weight is 177 g/mol. The lowest BCUT2D eigenvalue weighted by atomic mass is 10.0. The minimum absolute atomic E-state index is 0.122. The number of anilines is 1. The van der Waals surface area contributed by atoms with Crippen molar-refractivity contribution in [3.8, 4) is 6.07 Å². The summed E-state index contributed by atoms with van der Waals surface area (Å²) in [4.78, 5) is 0. The Morgan fingerprint density at radius 3 is 2.69 bits per heavy atom. The van der Waals surface area contributed by atoms with Gasteiger partial charge < -0.3 is 10.4 Å². The van der Waals surface area contributed by atoms with E-state index in [9.17, 15) is 5.21 Å². The molecule has 0 aliphatic rings. The van der Waals surface area contributed by atoms with Crippen molar-refractivity contribution >= 4 is 5.69 Å². The minimum Gasteiger partial charge on any atom is -0.733 e. The molecular formula is C9H9N2O2-. The van der Waals surface area contributed by atoms with E-state index in [0.717, 1.165) is 0 Å². The van der Waals surface area contributed by atoms with Crippen LogP contribution in [0.4, 0.5) is 5.69 Å². The van der Waals surface area contributed by atoms with Crippen LogP contribution in [-0.2, 0) is 0 Å². The van der Waals surface area contributed by atoms with Gasteiger partial charge in [0.1, 0.15) is 0 Å². The molecule has 68 valence electrons. The van der Waals surface area contributed by atoms with E-state index < -0.39 is 5.92 Å². The number of hydrogen-bond acceptors (Lipinski definition) is 4. The molecule has 0 unspecified atom stereocenters. The Kier molecular flexibility index (Phi) is 2.85. The maximum atomic E-state index is 10.6. The predicted octanol–water partition coefficient (Wildman–Crippen LogP) is 2.01. The van der Waals surface area contributed by atoms with Crippen LogP contribution in [0.5, 0.6) is 0 Å². The van der Waals surface area contributed by atoms with Gasteiger partial charge in [-0.05, 0) is 18.6 Å². The zero-order valence-electron chi connectivity index (χ0n) is 7.14. The molecule has 0 aromatic heterocycles. The van der Waals surface area contributed by atoms with E-state index in [-0.39, 0.29) is 10.9 Å². The first-order valence-corrected chi connectivity index (χ1v) is 3.81. The summed E-state index contributed by atoms with van der Waals surface area (Å²) in [5.74, 6) is -0.403. The molecule has 0 saturated carbocycles. The van der Waals surface area contributed by atoms with Crippen molar-refractivity contribution in [2.45, 2.75) is 12.8 Å². The summed E-state index contributed by atoms with van der Waals surface area (Å²) in [5.41, 5.74) is 0.652. The molecule has 1 N–H and O–H groups in total. The molecule has 0 amide bonds. The maximum absolute atomic E-state index is 10.6. The normalized spacial score (nSPS) is 11.8. The summed E-state index contributed by atoms with van der Waals surface area (Å²) in [5, 5.41) is 27.8. The van der Waals surface area contributed by atoms with E-state index >= 15 is 0 Å². The fourth-order valence-corrected chi connectivity index (χ4v) is 1.10. The third kappa shape index (κ3) is 1.96. The van der Waals surface area contributed by atoms with Gasteiger partial charge in [0.25, 0.3) is 0 Å². The molecule has 0 aliphatic heterocycles. The SMILES string of the molecule is C[C@@H](C#N)c1ccccc1N([O-])O. The molecule has 0 radical (unpaired) electrons. The second-order valence-corrected chi connectivity index (χ2v) is 2.68. The zero-order valence-corrected chi connectivity index (χ0v) is 7.14. The molecule has 1 atom stereocenters. The van der Waals surface area contributed by atoms with Crippen LogP contribution in [0.1, 0.15) is 18.4 Å². The summed E-state index contributed by atoms with van der Waals surface area (Å²) in [6.07, 6.45) is 0. The lowest BCUT2D eigenvalue weighted by Gasteiger charge is -2.25. The van der Waals surface area contributed by atoms with Crippen molar-refractivity contribution in [2.75, 3.05) is 5.23 Å². The van der Waals surface area contributed by atoms with Crippen molar-refractivity contribution in [3.63, 3.8) is 0 Å². The predicted molar refractivity (Wildman–Crippen MR) is 48.1 cm³/mol. The van der Waals surface area contributed by atoms with Gasteiger partial charge in [0.05, 0.1) is 17.7 Å². The molecule has 0 aliphatic carbocycles. The van der Waals surface area contributed by atoms with Crippen LogP contribution in [0.15, 0.2) is 24.3 Å². The Hall–Kier alpha value is -1.57. The topological polar surface area (TPSA) is 70.3 Å². The first-order chi connectivity index (χ1) is 6.16. The average Bonchev–Trinajstić information content (AvgIpc) is 2.16. The fraction of sp³-hybridized carbons (Fsp3) is 0.222. The Morgan fingerprint density at radius 2 is 2.15 bits per heavy atom. The summed E-state index contributed by atoms with van der Waals surface area (Å²) >= 11 is 0. The van der Waals surface area contributed by atoms with E-state index in [2.05, 4.69) is 0 Å². The highest BCUT2D eigenvalue weighted by Crippen LogP contribution is 2.25. The van der Waals surface area contributed by atoms with E-state index in [1.165, 1.54) is 6.07 Å². The van der Waals surface area contributed by atoms with Crippen LogP contribution in [-0.4, -0.2) is 5.21 Å². The molecule has 0 saturated heterocycles. The first kappa shape index (κ1) is 9.52. The van der Waals surface area contributed by atoms with Gasteiger partial charge >= 0.3 is 0 Å². The highest BCUT2D eigenvalue weighted by atomic mass is 16.8. The van der Waals surface area contributed by atoms with Crippen molar-refractivity contribution in [3.05, 3.63) is 35.0 Å². The van der Waals surface area contributed by atoms with Gasteiger partial charge in [-0.2, -0.15) is 5.26 Å². The Morgan fingerprint density at radius 1 is 1.54 bits per heavy atom. The van der Waals surface area contributed by atoms with Crippen LogP contribution in [0, 0.1) is 16.5 Å². The van der Waals surface area contributed by atoms with Crippen LogP contribution >= 0.6 is 0 Å². The van der Waals surface area contributed by atoms with Crippen LogP contribution in [0.25, 0.3) is 0 Å². The van der Waals surface area contributed by atoms with E-state index in [4.69, 9.17) is 10.5 Å². The van der Waals surface area contributed by atoms with Crippen molar-refractivity contribution < 1.29 is 5.21 Å². The molecule has 1 rings (SSSR count). The van der Waals surface area contributed by atoms with Gasteiger partial charge in [0.2, 0.25) is 0 Å². The Bertz CT molecular complexity index is 331. The monoisotopic (exact) mass is 177 g/mol. The molecule has 13 heavy (non-hydrogen) atoms. The third-order valence-corrected chi connectivity index (χ3v) is 1.80. The highest BCUT2D eigenvalue weighted by molar-refractivity contribution is 5.54. The second-order valence-electron chi connectivity index (χ2n) is 2.68. The molecule has 1 aromatic rings. The third-order valence-electron chi connectivity index (χ3n) is 1.80. The van der Waals surface area contributed by atoms with Gasteiger partial charge in [-0.1, -0.05) is 18.2 Å². The Balaban J connectivity index is 3.13. The first-order valence-electron chi connectivity index (χ1n) is 3.81. The number of nitrogens with zero attached hydrogens (tertiary/aromatic N) is 2. The molecule has 4 nitrogen and oxygen atoms in total. The van der Waals surface area contributed by atoms with Gasteiger partial charge in [-0.3, -0.25) is 5.21 Å². The lowest BCUT2D eigenvalue weighted by Crippen LogP contribution is -2.10. The molecule has 0 heterocycles. The van der Waals surface area contributed by atoms with Gasteiger partial charge in [0, 0.05) is 0 Å². The molecule has 0 spiro atoms. The Labute approximate surface area is 76.2 Å². The number of benzene rings is 1. The number of nitriles is 1. The standard InChI is InChI=1S/C9H9N2O2/c1-7(6-10)8-4-2-3-5-9(8)11(12)13/h2-5,7,12H,1H3/q-1/t7-/m0/s1. The molecule has 4 heteroatoms. The summed E-state index contributed by atoms with van der Waals surface area (Å²) in [6.45, 7) is 1.67.